The van der Waals surface area contributed by atoms with Gasteiger partial charge in [-0.3, -0.25) is 4.79 Å². The first-order valence-corrected chi connectivity index (χ1v) is 7.88. The fourth-order valence-electron chi connectivity index (χ4n) is 2.94. The summed E-state index contributed by atoms with van der Waals surface area (Å²) in [4.78, 5) is 26.2. The summed E-state index contributed by atoms with van der Waals surface area (Å²) in [7, 11) is 0. The number of aromatic nitrogens is 3. The van der Waals surface area contributed by atoms with Crippen molar-refractivity contribution < 1.29 is 4.79 Å². The van der Waals surface area contributed by atoms with E-state index in [9.17, 15) is 4.79 Å². The molecule has 1 amide bonds. The van der Waals surface area contributed by atoms with E-state index in [0.29, 0.717) is 0 Å². The fourth-order valence-corrected chi connectivity index (χ4v) is 2.94. The maximum absolute atomic E-state index is 11.0. The number of nitrogens with zero attached hydrogens (tertiary/aromatic N) is 4. The van der Waals surface area contributed by atoms with Gasteiger partial charge in [0.1, 0.15) is 17.5 Å². The smallest absolute Gasteiger partial charge is 0.209 e. The lowest BCUT2D eigenvalue weighted by Gasteiger charge is -2.29. The number of carbonyl (C=O) groups is 1. The third-order valence-electron chi connectivity index (χ3n) is 4.05. The second-order valence-corrected chi connectivity index (χ2v) is 6.01. The highest BCUT2D eigenvalue weighted by Gasteiger charge is 2.22. The van der Waals surface area contributed by atoms with Crippen molar-refractivity contribution in [3.8, 4) is 0 Å². The molecule has 1 atom stereocenters. The molecule has 1 aliphatic rings. The first kappa shape index (κ1) is 15.4. The average Bonchev–Trinajstić information content (AvgIpc) is 2.54. The molecule has 3 heterocycles. The first-order chi connectivity index (χ1) is 11.1. The molecule has 1 aliphatic heterocycles. The van der Waals surface area contributed by atoms with Crippen molar-refractivity contribution in [3.05, 3.63) is 41.5 Å². The van der Waals surface area contributed by atoms with Crippen LogP contribution in [-0.4, -0.2) is 39.4 Å². The minimum atomic E-state index is 0.265. The predicted octanol–water partition coefficient (Wildman–Crippen LogP) is 2.57. The van der Waals surface area contributed by atoms with Crippen molar-refractivity contribution in [3.63, 3.8) is 0 Å². The van der Waals surface area contributed by atoms with Gasteiger partial charge in [0.05, 0.1) is 5.69 Å². The van der Waals surface area contributed by atoms with Crippen LogP contribution in [0.5, 0.6) is 0 Å². The van der Waals surface area contributed by atoms with E-state index >= 15 is 0 Å². The molecule has 0 aliphatic carbocycles. The van der Waals surface area contributed by atoms with E-state index in [0.717, 1.165) is 61.1 Å². The summed E-state index contributed by atoms with van der Waals surface area (Å²) in [6, 6.07) is 5.90. The van der Waals surface area contributed by atoms with Gasteiger partial charge < -0.3 is 10.2 Å². The molecule has 1 fully saturated rings. The lowest BCUT2D eigenvalue weighted by molar-refractivity contribution is -0.119. The molecule has 23 heavy (non-hydrogen) atoms. The van der Waals surface area contributed by atoms with Crippen LogP contribution in [0.3, 0.4) is 0 Å². The Morgan fingerprint density at radius 1 is 1.26 bits per heavy atom. The van der Waals surface area contributed by atoms with Gasteiger partial charge in [0.25, 0.3) is 0 Å². The molecule has 2 aromatic rings. The molecule has 120 valence electrons. The summed E-state index contributed by atoms with van der Waals surface area (Å²) < 4.78 is 0. The standard InChI is InChI=1S/C17H21N5O/c1-12-5-6-18-16(8-12)21-17-9-15(19-13(2)20-17)14-4-3-7-22(10-14)11-23/h5-6,8-9,11,14H,3-4,7,10H2,1-2H3,(H,18,19,20,21). The van der Waals surface area contributed by atoms with Crippen LogP contribution in [0.1, 0.15) is 35.8 Å². The normalized spacial score (nSPS) is 17.8. The molecule has 0 aromatic carbocycles. The van der Waals surface area contributed by atoms with Crippen LogP contribution in [-0.2, 0) is 4.79 Å². The Kier molecular flexibility index (Phi) is 4.50. The number of pyridine rings is 1. The molecule has 1 unspecified atom stereocenters. The quantitative estimate of drug-likeness (QED) is 0.879. The van der Waals surface area contributed by atoms with E-state index in [1.807, 2.05) is 36.9 Å². The van der Waals surface area contributed by atoms with Crippen LogP contribution < -0.4 is 5.32 Å². The molecule has 6 nitrogen and oxygen atoms in total. The van der Waals surface area contributed by atoms with Gasteiger partial charge in [0.15, 0.2) is 0 Å². The van der Waals surface area contributed by atoms with Crippen molar-refractivity contribution in [2.24, 2.45) is 0 Å². The number of piperidine rings is 1. The van der Waals surface area contributed by atoms with Crippen LogP contribution in [0.25, 0.3) is 0 Å². The predicted molar refractivity (Wildman–Crippen MR) is 88.6 cm³/mol. The molecule has 0 bridgehead atoms. The van der Waals surface area contributed by atoms with Crippen LogP contribution >= 0.6 is 0 Å². The lowest BCUT2D eigenvalue weighted by Crippen LogP contribution is -2.33. The SMILES string of the molecule is Cc1ccnc(Nc2cc(C3CCCN(C=O)C3)nc(C)n2)c1. The number of likely N-dealkylation sites (tertiary alicyclic amines) is 1. The van der Waals surface area contributed by atoms with Crippen LogP contribution in [0.4, 0.5) is 11.6 Å². The molecular formula is C17H21N5O. The third-order valence-corrected chi connectivity index (χ3v) is 4.05. The van der Waals surface area contributed by atoms with E-state index in [1.54, 1.807) is 6.20 Å². The number of amides is 1. The van der Waals surface area contributed by atoms with Gasteiger partial charge in [-0.15, -0.1) is 0 Å². The van der Waals surface area contributed by atoms with Crippen molar-refractivity contribution in [2.75, 3.05) is 18.4 Å². The number of rotatable bonds is 4. The second kappa shape index (κ2) is 6.73. The van der Waals surface area contributed by atoms with E-state index in [1.165, 1.54) is 0 Å². The minimum Gasteiger partial charge on any atom is -0.345 e. The fraction of sp³-hybridized carbons (Fsp3) is 0.412. The zero-order valence-corrected chi connectivity index (χ0v) is 13.5. The number of hydrogen-bond donors (Lipinski definition) is 1. The van der Waals surface area contributed by atoms with Crippen LogP contribution in [0, 0.1) is 13.8 Å². The topological polar surface area (TPSA) is 71.0 Å². The largest absolute Gasteiger partial charge is 0.345 e. The Morgan fingerprint density at radius 2 is 2.13 bits per heavy atom. The monoisotopic (exact) mass is 311 g/mol. The Labute approximate surface area is 136 Å². The highest BCUT2D eigenvalue weighted by atomic mass is 16.1. The van der Waals surface area contributed by atoms with Gasteiger partial charge in [-0.2, -0.15) is 0 Å². The molecule has 1 N–H and O–H groups in total. The van der Waals surface area contributed by atoms with Gasteiger partial charge in [-0.1, -0.05) is 0 Å². The molecular weight excluding hydrogens is 290 g/mol. The maximum Gasteiger partial charge on any atom is 0.209 e. The molecule has 0 radical (unpaired) electrons. The summed E-state index contributed by atoms with van der Waals surface area (Å²) in [5.74, 6) is 2.50. The number of aryl methyl sites for hydroxylation is 2. The highest BCUT2D eigenvalue weighted by molar-refractivity contribution is 5.53. The van der Waals surface area contributed by atoms with Crippen LogP contribution in [0.15, 0.2) is 24.4 Å². The Hall–Kier alpha value is -2.50. The Morgan fingerprint density at radius 3 is 2.91 bits per heavy atom. The second-order valence-electron chi connectivity index (χ2n) is 6.01. The number of nitrogens with one attached hydrogen (secondary N) is 1. The molecule has 0 saturated carbocycles. The van der Waals surface area contributed by atoms with E-state index in [2.05, 4.69) is 20.3 Å². The summed E-state index contributed by atoms with van der Waals surface area (Å²) in [6.07, 6.45) is 4.75. The number of carbonyl (C=O) groups excluding carboxylic acids is 1. The molecule has 2 aromatic heterocycles. The lowest BCUT2D eigenvalue weighted by atomic mass is 9.95. The van der Waals surface area contributed by atoms with Crippen molar-refractivity contribution in [1.29, 1.82) is 0 Å². The first-order valence-electron chi connectivity index (χ1n) is 7.88. The zero-order valence-electron chi connectivity index (χ0n) is 13.5. The third kappa shape index (κ3) is 3.83. The Balaban J connectivity index is 1.82. The van der Waals surface area contributed by atoms with Gasteiger partial charge in [0.2, 0.25) is 6.41 Å². The molecule has 0 spiro atoms. The maximum atomic E-state index is 11.0. The van der Waals surface area contributed by atoms with Crippen LogP contribution in [0.2, 0.25) is 0 Å². The van der Waals surface area contributed by atoms with E-state index in [-0.39, 0.29) is 5.92 Å². The Bertz CT molecular complexity index is 703. The summed E-state index contributed by atoms with van der Waals surface area (Å²) in [5, 5.41) is 3.24. The van der Waals surface area contributed by atoms with E-state index in [4.69, 9.17) is 0 Å². The minimum absolute atomic E-state index is 0.265. The summed E-state index contributed by atoms with van der Waals surface area (Å²) >= 11 is 0. The molecule has 3 rings (SSSR count). The van der Waals surface area contributed by atoms with Crippen molar-refractivity contribution >= 4 is 18.0 Å². The number of hydrogen-bond acceptors (Lipinski definition) is 5. The van der Waals surface area contributed by atoms with E-state index < -0.39 is 0 Å². The summed E-state index contributed by atoms with van der Waals surface area (Å²) in [6.45, 7) is 5.47. The van der Waals surface area contributed by atoms with Gasteiger partial charge >= 0.3 is 0 Å². The van der Waals surface area contributed by atoms with Gasteiger partial charge in [0, 0.05) is 31.3 Å². The zero-order chi connectivity index (χ0) is 16.2. The average molecular weight is 311 g/mol. The van der Waals surface area contributed by atoms with Crippen molar-refractivity contribution in [1.82, 2.24) is 19.9 Å². The number of anilines is 2. The highest BCUT2D eigenvalue weighted by Crippen LogP contribution is 2.27. The van der Waals surface area contributed by atoms with Crippen molar-refractivity contribution in [2.45, 2.75) is 32.6 Å². The van der Waals surface area contributed by atoms with Gasteiger partial charge in [-0.25, -0.2) is 15.0 Å². The molecule has 6 heteroatoms. The summed E-state index contributed by atoms with van der Waals surface area (Å²) in [5.41, 5.74) is 2.13. The van der Waals surface area contributed by atoms with Gasteiger partial charge in [-0.05, 0) is 44.4 Å². The molecule has 1 saturated heterocycles.